The zero-order valence-electron chi connectivity index (χ0n) is 9.11. The summed E-state index contributed by atoms with van der Waals surface area (Å²) in [7, 11) is 0. The van der Waals surface area contributed by atoms with E-state index in [0.29, 0.717) is 0 Å². The van der Waals surface area contributed by atoms with E-state index in [2.05, 4.69) is 9.97 Å². The number of rotatable bonds is 3. The van der Waals surface area contributed by atoms with Crippen LogP contribution in [0.4, 0.5) is 0 Å². The van der Waals surface area contributed by atoms with Crippen molar-refractivity contribution < 1.29 is 19.4 Å². The molecule has 18 heavy (non-hydrogen) atoms. The topological polar surface area (TPSA) is 89.4 Å². The summed E-state index contributed by atoms with van der Waals surface area (Å²) in [6, 6.07) is 4.43. The molecule has 2 aromatic heterocycles. The molecule has 0 atom stereocenters. The predicted octanol–water partition coefficient (Wildman–Crippen LogP) is 1.39. The Bertz CT molecular complexity index is 584. The summed E-state index contributed by atoms with van der Waals surface area (Å²) in [6.07, 6.45) is 5.32. The van der Waals surface area contributed by atoms with Crippen LogP contribution in [0.25, 0.3) is 0 Å². The molecule has 0 radical (unpaired) electrons. The van der Waals surface area contributed by atoms with Gasteiger partial charge in [-0.3, -0.25) is 9.97 Å². The lowest BCUT2D eigenvalue weighted by molar-refractivity contribution is 0.0681. The van der Waals surface area contributed by atoms with Crippen molar-refractivity contribution in [3.63, 3.8) is 0 Å². The summed E-state index contributed by atoms with van der Waals surface area (Å²) in [5, 5.41) is 8.91. The first-order valence-electron chi connectivity index (χ1n) is 4.98. The molecule has 1 N–H and O–H groups in total. The van der Waals surface area contributed by atoms with Gasteiger partial charge in [-0.25, -0.2) is 9.59 Å². The average Bonchev–Trinajstić information content (AvgIpc) is 2.40. The average molecular weight is 244 g/mol. The third kappa shape index (κ3) is 2.49. The minimum Gasteiger partial charge on any atom is -0.477 e. The molecule has 0 fully saturated rings. The van der Waals surface area contributed by atoms with Gasteiger partial charge < -0.3 is 9.84 Å². The molecule has 0 saturated heterocycles. The number of ether oxygens (including phenoxy) is 1. The van der Waals surface area contributed by atoms with Crippen LogP contribution in [0.15, 0.2) is 43.0 Å². The molecule has 0 amide bonds. The van der Waals surface area contributed by atoms with E-state index in [1.807, 2.05) is 0 Å². The van der Waals surface area contributed by atoms with E-state index in [-0.39, 0.29) is 16.9 Å². The van der Waals surface area contributed by atoms with Gasteiger partial charge in [0.05, 0.1) is 5.56 Å². The van der Waals surface area contributed by atoms with Gasteiger partial charge in [-0.2, -0.15) is 0 Å². The molecule has 2 rings (SSSR count). The van der Waals surface area contributed by atoms with E-state index >= 15 is 0 Å². The highest BCUT2D eigenvalue weighted by Gasteiger charge is 2.15. The van der Waals surface area contributed by atoms with E-state index in [4.69, 9.17) is 9.84 Å². The number of esters is 1. The Morgan fingerprint density at radius 3 is 2.56 bits per heavy atom. The van der Waals surface area contributed by atoms with Crippen LogP contribution in [-0.2, 0) is 0 Å². The largest absolute Gasteiger partial charge is 0.477 e. The molecule has 2 heterocycles. The lowest BCUT2D eigenvalue weighted by Gasteiger charge is -2.06. The van der Waals surface area contributed by atoms with Crippen LogP contribution in [0.1, 0.15) is 20.7 Å². The van der Waals surface area contributed by atoms with Gasteiger partial charge in [0.25, 0.3) is 0 Å². The van der Waals surface area contributed by atoms with Crippen molar-refractivity contribution in [3.8, 4) is 5.75 Å². The molecule has 2 aromatic rings. The third-order valence-corrected chi connectivity index (χ3v) is 2.11. The van der Waals surface area contributed by atoms with E-state index in [1.165, 1.54) is 30.7 Å². The van der Waals surface area contributed by atoms with Gasteiger partial charge in [-0.15, -0.1) is 0 Å². The summed E-state index contributed by atoms with van der Waals surface area (Å²) in [4.78, 5) is 30.0. The number of carbonyl (C=O) groups excluding carboxylic acids is 1. The minimum atomic E-state index is -1.21. The van der Waals surface area contributed by atoms with Crippen molar-refractivity contribution in [1.82, 2.24) is 9.97 Å². The maximum absolute atomic E-state index is 11.7. The van der Waals surface area contributed by atoms with Crippen LogP contribution in [0, 0.1) is 0 Å². The predicted molar refractivity (Wildman–Crippen MR) is 60.4 cm³/mol. The summed E-state index contributed by atoms with van der Waals surface area (Å²) in [5.41, 5.74) is 0.0698. The fourth-order valence-corrected chi connectivity index (χ4v) is 1.27. The summed E-state index contributed by atoms with van der Waals surface area (Å²) in [5.74, 6) is -1.93. The van der Waals surface area contributed by atoms with Crippen molar-refractivity contribution in [1.29, 1.82) is 0 Å². The molecule has 6 heteroatoms. The number of hydrogen-bond acceptors (Lipinski definition) is 5. The Balaban J connectivity index is 2.25. The summed E-state index contributed by atoms with van der Waals surface area (Å²) >= 11 is 0. The second kappa shape index (κ2) is 5.05. The van der Waals surface area contributed by atoms with Gasteiger partial charge in [0.1, 0.15) is 11.3 Å². The van der Waals surface area contributed by atoms with Gasteiger partial charge in [0.2, 0.25) is 0 Å². The van der Waals surface area contributed by atoms with Gasteiger partial charge >= 0.3 is 11.9 Å². The molecular formula is C12H8N2O4. The number of aromatic nitrogens is 2. The molecule has 0 saturated carbocycles. The molecule has 0 aliphatic rings. The molecule has 0 bridgehead atoms. The van der Waals surface area contributed by atoms with Crippen LogP contribution >= 0.6 is 0 Å². The first-order chi connectivity index (χ1) is 8.68. The monoisotopic (exact) mass is 244 g/mol. The molecular weight excluding hydrogens is 236 g/mol. The lowest BCUT2D eigenvalue weighted by atomic mass is 10.2. The summed E-state index contributed by atoms with van der Waals surface area (Å²) in [6.45, 7) is 0. The van der Waals surface area contributed by atoms with E-state index in [9.17, 15) is 9.59 Å². The van der Waals surface area contributed by atoms with Crippen LogP contribution in [0.5, 0.6) is 5.75 Å². The number of hydrogen-bond donors (Lipinski definition) is 1. The second-order valence-corrected chi connectivity index (χ2v) is 3.31. The van der Waals surface area contributed by atoms with E-state index in [0.717, 1.165) is 6.20 Å². The Morgan fingerprint density at radius 2 is 1.89 bits per heavy atom. The number of aromatic carboxylic acids is 1. The quantitative estimate of drug-likeness (QED) is 0.820. The van der Waals surface area contributed by atoms with Gasteiger partial charge in [0, 0.05) is 30.9 Å². The maximum atomic E-state index is 11.7. The zero-order chi connectivity index (χ0) is 13.0. The standard InChI is InChI=1S/C12H8N2O4/c15-11(16)9-7-14-5-3-10(9)18-12(17)8-2-1-4-13-6-8/h1-7H,(H,15,16). The first-order valence-corrected chi connectivity index (χ1v) is 4.98. The molecule has 90 valence electrons. The second-order valence-electron chi connectivity index (χ2n) is 3.31. The van der Waals surface area contributed by atoms with Gasteiger partial charge in [0.15, 0.2) is 0 Å². The van der Waals surface area contributed by atoms with Crippen LogP contribution < -0.4 is 4.74 Å². The fourth-order valence-electron chi connectivity index (χ4n) is 1.27. The molecule has 0 aromatic carbocycles. The molecule has 0 aliphatic heterocycles. The number of carboxylic acid groups (broad SMARTS) is 1. The van der Waals surface area contributed by atoms with Gasteiger partial charge in [-0.1, -0.05) is 0 Å². The van der Waals surface area contributed by atoms with Crippen LogP contribution in [-0.4, -0.2) is 27.0 Å². The van der Waals surface area contributed by atoms with E-state index in [1.54, 1.807) is 6.07 Å². The fraction of sp³-hybridized carbons (Fsp3) is 0. The highest BCUT2D eigenvalue weighted by molar-refractivity contribution is 5.94. The van der Waals surface area contributed by atoms with Crippen molar-refractivity contribution in [2.45, 2.75) is 0 Å². The Morgan fingerprint density at radius 1 is 1.11 bits per heavy atom. The van der Waals surface area contributed by atoms with Crippen molar-refractivity contribution in [2.75, 3.05) is 0 Å². The van der Waals surface area contributed by atoms with Crippen LogP contribution in [0.3, 0.4) is 0 Å². The Kier molecular flexibility index (Phi) is 3.29. The highest BCUT2D eigenvalue weighted by atomic mass is 16.5. The van der Waals surface area contributed by atoms with Crippen molar-refractivity contribution in [2.24, 2.45) is 0 Å². The van der Waals surface area contributed by atoms with Crippen LogP contribution in [0.2, 0.25) is 0 Å². The van der Waals surface area contributed by atoms with Gasteiger partial charge in [-0.05, 0) is 12.1 Å². The zero-order valence-corrected chi connectivity index (χ0v) is 9.11. The molecule has 6 nitrogen and oxygen atoms in total. The van der Waals surface area contributed by atoms with Crippen molar-refractivity contribution in [3.05, 3.63) is 54.1 Å². The molecule has 0 unspecified atom stereocenters. The number of pyridine rings is 2. The SMILES string of the molecule is O=C(Oc1ccncc1C(=O)O)c1cccnc1. The normalized spacial score (nSPS) is 9.78. The minimum absolute atomic E-state index is 0.0497. The Hall–Kier alpha value is -2.76. The number of nitrogens with zero attached hydrogens (tertiary/aromatic N) is 2. The highest BCUT2D eigenvalue weighted by Crippen LogP contribution is 2.17. The molecule has 0 aliphatic carbocycles. The number of carboxylic acids is 1. The number of carbonyl (C=O) groups is 2. The van der Waals surface area contributed by atoms with Crippen molar-refractivity contribution >= 4 is 11.9 Å². The maximum Gasteiger partial charge on any atom is 0.345 e. The van der Waals surface area contributed by atoms with E-state index < -0.39 is 11.9 Å². The third-order valence-electron chi connectivity index (χ3n) is 2.11. The first kappa shape index (κ1) is 11.7. The Labute approximate surface area is 102 Å². The molecule has 0 spiro atoms. The smallest absolute Gasteiger partial charge is 0.345 e. The lowest BCUT2D eigenvalue weighted by Crippen LogP contribution is -2.11. The summed E-state index contributed by atoms with van der Waals surface area (Å²) < 4.78 is 4.99.